The van der Waals surface area contributed by atoms with E-state index in [0.717, 1.165) is 4.90 Å². The largest absolute Gasteiger partial charge is 0.321 e. The number of thioether (sulfide) groups is 1. The van der Waals surface area contributed by atoms with Crippen LogP contribution in [0.2, 0.25) is 5.02 Å². The van der Waals surface area contributed by atoms with Crippen molar-refractivity contribution in [3.8, 4) is 0 Å². The molecule has 0 saturated heterocycles. The molecule has 0 fully saturated rings. The van der Waals surface area contributed by atoms with Crippen LogP contribution in [0, 0.1) is 5.82 Å². The van der Waals surface area contributed by atoms with E-state index in [1.807, 2.05) is 30.5 Å². The molecule has 0 aliphatic rings. The SMILES string of the molecule is CSc1ccc(NC(=O)c2sc3cc(F)ccc3c2Cl)cc1. The van der Waals surface area contributed by atoms with Gasteiger partial charge in [0.2, 0.25) is 0 Å². The van der Waals surface area contributed by atoms with Crippen molar-refractivity contribution in [1.82, 2.24) is 0 Å². The number of halogens is 2. The molecule has 0 bridgehead atoms. The number of anilines is 1. The summed E-state index contributed by atoms with van der Waals surface area (Å²) < 4.78 is 13.9. The molecule has 22 heavy (non-hydrogen) atoms. The van der Waals surface area contributed by atoms with Gasteiger partial charge in [-0.2, -0.15) is 0 Å². The summed E-state index contributed by atoms with van der Waals surface area (Å²) >= 11 is 9.06. The highest BCUT2D eigenvalue weighted by Crippen LogP contribution is 2.36. The fourth-order valence-electron chi connectivity index (χ4n) is 2.05. The molecule has 3 aromatic rings. The molecule has 3 rings (SSSR count). The topological polar surface area (TPSA) is 29.1 Å². The van der Waals surface area contributed by atoms with Gasteiger partial charge < -0.3 is 5.32 Å². The van der Waals surface area contributed by atoms with Crippen LogP contribution in [0.25, 0.3) is 10.1 Å². The van der Waals surface area contributed by atoms with E-state index in [9.17, 15) is 9.18 Å². The normalized spacial score (nSPS) is 10.9. The van der Waals surface area contributed by atoms with E-state index in [1.165, 1.54) is 23.5 Å². The van der Waals surface area contributed by atoms with E-state index < -0.39 is 0 Å². The molecular formula is C16H11ClFNOS2. The second kappa shape index (κ2) is 6.28. The van der Waals surface area contributed by atoms with Gasteiger partial charge in [0.05, 0.1) is 5.02 Å². The highest BCUT2D eigenvalue weighted by atomic mass is 35.5. The molecular weight excluding hydrogens is 341 g/mol. The van der Waals surface area contributed by atoms with Crippen molar-refractivity contribution in [2.24, 2.45) is 0 Å². The number of fused-ring (bicyclic) bond motifs is 1. The third-order valence-corrected chi connectivity index (χ3v) is 5.55. The monoisotopic (exact) mass is 351 g/mol. The van der Waals surface area contributed by atoms with E-state index in [0.29, 0.717) is 25.7 Å². The van der Waals surface area contributed by atoms with Crippen LogP contribution in [0.3, 0.4) is 0 Å². The average Bonchev–Trinajstić information content (AvgIpc) is 2.84. The van der Waals surface area contributed by atoms with Crippen LogP contribution in [0.15, 0.2) is 47.4 Å². The average molecular weight is 352 g/mol. The lowest BCUT2D eigenvalue weighted by atomic mass is 10.2. The number of thiophene rings is 1. The van der Waals surface area contributed by atoms with Gasteiger partial charge in [0.15, 0.2) is 0 Å². The van der Waals surface area contributed by atoms with E-state index in [1.54, 1.807) is 17.8 Å². The maximum Gasteiger partial charge on any atom is 0.267 e. The summed E-state index contributed by atoms with van der Waals surface area (Å²) in [7, 11) is 0. The summed E-state index contributed by atoms with van der Waals surface area (Å²) in [5.74, 6) is -0.631. The van der Waals surface area contributed by atoms with Crippen molar-refractivity contribution in [2.75, 3.05) is 11.6 Å². The van der Waals surface area contributed by atoms with Gasteiger partial charge in [-0.3, -0.25) is 4.79 Å². The van der Waals surface area contributed by atoms with Gasteiger partial charge in [0.1, 0.15) is 10.7 Å². The van der Waals surface area contributed by atoms with Crippen molar-refractivity contribution in [2.45, 2.75) is 4.90 Å². The number of rotatable bonds is 3. The highest BCUT2D eigenvalue weighted by Gasteiger charge is 2.17. The summed E-state index contributed by atoms with van der Waals surface area (Å²) in [6.45, 7) is 0. The molecule has 1 aromatic heterocycles. The summed E-state index contributed by atoms with van der Waals surface area (Å²) in [6.07, 6.45) is 1.99. The van der Waals surface area contributed by atoms with Gasteiger partial charge in [0.25, 0.3) is 5.91 Å². The van der Waals surface area contributed by atoms with Gasteiger partial charge in [-0.25, -0.2) is 4.39 Å². The molecule has 2 nitrogen and oxygen atoms in total. The smallest absolute Gasteiger partial charge is 0.267 e. The predicted molar refractivity (Wildman–Crippen MR) is 93.0 cm³/mol. The number of carbonyl (C=O) groups excluding carboxylic acids is 1. The van der Waals surface area contributed by atoms with Crippen LogP contribution in [0.1, 0.15) is 9.67 Å². The minimum atomic E-state index is -0.343. The third kappa shape index (κ3) is 2.97. The Hall–Kier alpha value is -1.56. The quantitative estimate of drug-likeness (QED) is 0.616. The second-order valence-corrected chi connectivity index (χ2v) is 6.88. The van der Waals surface area contributed by atoms with Gasteiger partial charge in [0, 0.05) is 20.7 Å². The molecule has 112 valence electrons. The van der Waals surface area contributed by atoms with Crippen LogP contribution in [-0.4, -0.2) is 12.2 Å². The summed E-state index contributed by atoms with van der Waals surface area (Å²) in [5.41, 5.74) is 0.697. The van der Waals surface area contributed by atoms with Crippen LogP contribution in [-0.2, 0) is 0 Å². The van der Waals surface area contributed by atoms with Crippen molar-refractivity contribution in [1.29, 1.82) is 0 Å². The van der Waals surface area contributed by atoms with Gasteiger partial charge in [-0.1, -0.05) is 11.6 Å². The molecule has 0 aliphatic heterocycles. The van der Waals surface area contributed by atoms with Crippen LogP contribution < -0.4 is 5.32 Å². The molecule has 0 aliphatic carbocycles. The first-order valence-corrected chi connectivity index (χ1v) is 8.83. The molecule has 0 saturated carbocycles. The zero-order valence-electron chi connectivity index (χ0n) is 11.5. The first kappa shape index (κ1) is 15.3. The lowest BCUT2D eigenvalue weighted by Gasteiger charge is -2.04. The number of hydrogen-bond donors (Lipinski definition) is 1. The van der Waals surface area contributed by atoms with E-state index in [4.69, 9.17) is 11.6 Å². The standard InChI is InChI=1S/C16H11ClFNOS2/c1-21-11-5-3-10(4-6-11)19-16(20)15-14(17)12-7-2-9(18)8-13(12)22-15/h2-8H,1H3,(H,19,20). The number of amides is 1. The van der Waals surface area contributed by atoms with Crippen LogP contribution in [0.5, 0.6) is 0 Å². The Morgan fingerprint density at radius 2 is 1.95 bits per heavy atom. The minimum absolute atomic E-state index is 0.288. The maximum atomic E-state index is 13.3. The van der Waals surface area contributed by atoms with Gasteiger partial charge >= 0.3 is 0 Å². The molecule has 1 heterocycles. The first-order valence-electron chi connectivity index (χ1n) is 6.41. The zero-order valence-corrected chi connectivity index (χ0v) is 13.9. The molecule has 0 atom stereocenters. The molecule has 6 heteroatoms. The molecule has 1 amide bonds. The fraction of sp³-hybridized carbons (Fsp3) is 0.0625. The minimum Gasteiger partial charge on any atom is -0.321 e. The van der Waals surface area contributed by atoms with E-state index in [-0.39, 0.29) is 11.7 Å². The number of benzene rings is 2. The Bertz CT molecular complexity index is 845. The third-order valence-electron chi connectivity index (χ3n) is 3.15. The number of carbonyl (C=O) groups is 1. The molecule has 0 unspecified atom stereocenters. The first-order chi connectivity index (χ1) is 10.6. The zero-order chi connectivity index (χ0) is 15.7. The Morgan fingerprint density at radius 1 is 1.23 bits per heavy atom. The Morgan fingerprint density at radius 3 is 2.64 bits per heavy atom. The van der Waals surface area contributed by atoms with Gasteiger partial charge in [-0.15, -0.1) is 23.1 Å². The molecule has 1 N–H and O–H groups in total. The summed E-state index contributed by atoms with van der Waals surface area (Å²) in [6, 6.07) is 11.9. The maximum absolute atomic E-state index is 13.3. The number of nitrogens with one attached hydrogen (secondary N) is 1. The van der Waals surface area contributed by atoms with Crippen LogP contribution in [0.4, 0.5) is 10.1 Å². The Kier molecular flexibility index (Phi) is 4.38. The number of hydrogen-bond acceptors (Lipinski definition) is 3. The molecule has 0 spiro atoms. The highest BCUT2D eigenvalue weighted by molar-refractivity contribution is 7.98. The predicted octanol–water partition coefficient (Wildman–Crippen LogP) is 5.67. The van der Waals surface area contributed by atoms with Gasteiger partial charge in [-0.05, 0) is 48.7 Å². The lowest BCUT2D eigenvalue weighted by molar-refractivity contribution is 0.103. The van der Waals surface area contributed by atoms with E-state index in [2.05, 4.69) is 5.32 Å². The van der Waals surface area contributed by atoms with Crippen molar-refractivity contribution < 1.29 is 9.18 Å². The Balaban J connectivity index is 1.89. The van der Waals surface area contributed by atoms with Crippen LogP contribution >= 0.6 is 34.7 Å². The summed E-state index contributed by atoms with van der Waals surface area (Å²) in [5, 5.41) is 3.86. The van der Waals surface area contributed by atoms with Crippen molar-refractivity contribution in [3.05, 3.63) is 58.2 Å². The van der Waals surface area contributed by atoms with Crippen molar-refractivity contribution >= 4 is 56.4 Å². The second-order valence-electron chi connectivity index (χ2n) is 4.57. The van der Waals surface area contributed by atoms with E-state index >= 15 is 0 Å². The van der Waals surface area contributed by atoms with Crippen molar-refractivity contribution in [3.63, 3.8) is 0 Å². The fourth-order valence-corrected chi connectivity index (χ4v) is 3.89. The lowest BCUT2D eigenvalue weighted by Crippen LogP contribution is -2.10. The Labute approximate surface area is 140 Å². The summed E-state index contributed by atoms with van der Waals surface area (Å²) in [4.78, 5) is 13.9. The molecule has 2 aromatic carbocycles. The molecule has 0 radical (unpaired) electrons.